The Morgan fingerprint density at radius 3 is 2.60 bits per heavy atom. The van der Waals surface area contributed by atoms with E-state index in [1.165, 1.54) is 16.9 Å². The van der Waals surface area contributed by atoms with Gasteiger partial charge in [0.2, 0.25) is 11.8 Å². The van der Waals surface area contributed by atoms with Crippen LogP contribution in [0.1, 0.15) is 17.2 Å². The third-order valence-electron chi connectivity index (χ3n) is 4.55. The zero-order valence-corrected chi connectivity index (χ0v) is 14.3. The molecule has 1 aromatic carbocycles. The number of benzene rings is 1. The lowest BCUT2D eigenvalue weighted by Gasteiger charge is -2.39. The number of carbonyl (C=O) groups excluding carboxylic acids is 3. The number of rotatable bonds is 4. The van der Waals surface area contributed by atoms with Gasteiger partial charge in [0.15, 0.2) is 0 Å². The average Bonchev–Trinajstić information content (AvgIpc) is 3.01. The number of hydrogen-bond acceptors (Lipinski definition) is 4. The van der Waals surface area contributed by atoms with E-state index in [2.05, 4.69) is 6.58 Å². The van der Waals surface area contributed by atoms with Crippen LogP contribution in [0.15, 0.2) is 48.6 Å². The number of fused-ring (bicyclic) bond motifs is 1. The molecule has 6 nitrogen and oxygen atoms in total. The zero-order valence-electron chi connectivity index (χ0n) is 14.3. The number of carbonyl (C=O) groups is 3. The molecule has 1 saturated heterocycles. The third kappa shape index (κ3) is 2.84. The lowest BCUT2D eigenvalue weighted by molar-refractivity contribution is -0.154. The van der Waals surface area contributed by atoms with E-state index >= 15 is 0 Å². The summed E-state index contributed by atoms with van der Waals surface area (Å²) in [6.07, 6.45) is 3.13. The SMILES string of the molecule is C=CCN1CC(=O)N2[C@H](C=C(C(=O)OC)[C@H]2c2ccc(C)cc2)C1=O. The lowest BCUT2D eigenvalue weighted by Crippen LogP contribution is -2.58. The van der Waals surface area contributed by atoms with Crippen LogP contribution in [0.25, 0.3) is 0 Å². The third-order valence-corrected chi connectivity index (χ3v) is 4.55. The number of hydrogen-bond donors (Lipinski definition) is 0. The van der Waals surface area contributed by atoms with Gasteiger partial charge in [-0.2, -0.15) is 0 Å². The second-order valence-electron chi connectivity index (χ2n) is 6.18. The van der Waals surface area contributed by atoms with Crippen molar-refractivity contribution in [1.82, 2.24) is 9.80 Å². The summed E-state index contributed by atoms with van der Waals surface area (Å²) in [6.45, 7) is 5.85. The van der Waals surface area contributed by atoms with E-state index in [9.17, 15) is 14.4 Å². The van der Waals surface area contributed by atoms with Crippen molar-refractivity contribution in [3.05, 3.63) is 59.7 Å². The van der Waals surface area contributed by atoms with Gasteiger partial charge in [-0.25, -0.2) is 4.79 Å². The summed E-state index contributed by atoms with van der Waals surface area (Å²) in [6, 6.07) is 6.16. The molecule has 1 fully saturated rings. The molecule has 0 aromatic heterocycles. The predicted molar refractivity (Wildman–Crippen MR) is 91.4 cm³/mol. The normalized spacial score (nSPS) is 22.6. The predicted octanol–water partition coefficient (Wildman–Crippen LogP) is 1.37. The Kier molecular flexibility index (Phi) is 4.44. The first-order valence-electron chi connectivity index (χ1n) is 8.05. The van der Waals surface area contributed by atoms with Gasteiger partial charge in [-0.1, -0.05) is 35.9 Å². The molecule has 130 valence electrons. The number of methoxy groups -OCH3 is 1. The topological polar surface area (TPSA) is 66.9 Å². The Hall–Kier alpha value is -2.89. The number of ether oxygens (including phenoxy) is 1. The van der Waals surface area contributed by atoms with Crippen LogP contribution in [0.3, 0.4) is 0 Å². The van der Waals surface area contributed by atoms with Crippen molar-refractivity contribution in [2.75, 3.05) is 20.2 Å². The van der Waals surface area contributed by atoms with Gasteiger partial charge < -0.3 is 14.5 Å². The molecule has 0 unspecified atom stereocenters. The fourth-order valence-corrected chi connectivity index (χ4v) is 3.35. The van der Waals surface area contributed by atoms with E-state index in [0.29, 0.717) is 12.1 Å². The summed E-state index contributed by atoms with van der Waals surface area (Å²) in [4.78, 5) is 40.6. The minimum atomic E-state index is -0.790. The second-order valence-corrected chi connectivity index (χ2v) is 6.18. The lowest BCUT2D eigenvalue weighted by atomic mass is 9.98. The average molecular weight is 340 g/mol. The summed E-state index contributed by atoms with van der Waals surface area (Å²) < 4.78 is 4.87. The summed E-state index contributed by atoms with van der Waals surface area (Å²) in [5.74, 6) is -0.946. The van der Waals surface area contributed by atoms with Gasteiger partial charge in [-0.3, -0.25) is 9.59 Å². The Bertz CT molecular complexity index is 766. The maximum atomic E-state index is 12.7. The molecule has 2 aliphatic rings. The Morgan fingerprint density at radius 2 is 2.00 bits per heavy atom. The fraction of sp³-hybridized carbons (Fsp3) is 0.316. The first kappa shape index (κ1) is 17.0. The van der Waals surface area contributed by atoms with Crippen molar-refractivity contribution in [3.63, 3.8) is 0 Å². The molecule has 3 rings (SSSR count). The van der Waals surface area contributed by atoms with Crippen molar-refractivity contribution >= 4 is 17.8 Å². The van der Waals surface area contributed by atoms with Gasteiger partial charge in [0.25, 0.3) is 0 Å². The summed E-state index contributed by atoms with van der Waals surface area (Å²) in [5, 5.41) is 0. The van der Waals surface area contributed by atoms with Crippen LogP contribution in [0.4, 0.5) is 0 Å². The van der Waals surface area contributed by atoms with E-state index in [1.807, 2.05) is 31.2 Å². The summed E-state index contributed by atoms with van der Waals surface area (Å²) >= 11 is 0. The molecule has 0 radical (unpaired) electrons. The van der Waals surface area contributed by atoms with E-state index in [-0.39, 0.29) is 18.4 Å². The van der Waals surface area contributed by atoms with Gasteiger partial charge in [0, 0.05) is 6.54 Å². The zero-order chi connectivity index (χ0) is 18.1. The molecule has 25 heavy (non-hydrogen) atoms. The number of amides is 2. The molecule has 2 amide bonds. The van der Waals surface area contributed by atoms with Crippen molar-refractivity contribution in [2.24, 2.45) is 0 Å². The van der Waals surface area contributed by atoms with E-state index in [4.69, 9.17) is 4.74 Å². The summed E-state index contributed by atoms with van der Waals surface area (Å²) in [7, 11) is 1.29. The van der Waals surface area contributed by atoms with Crippen LogP contribution in [0.5, 0.6) is 0 Å². The van der Waals surface area contributed by atoms with Crippen molar-refractivity contribution < 1.29 is 19.1 Å². The minimum absolute atomic E-state index is 0.0218. The van der Waals surface area contributed by atoms with Crippen LogP contribution in [-0.4, -0.2) is 53.8 Å². The number of piperazine rings is 1. The highest BCUT2D eigenvalue weighted by molar-refractivity contribution is 6.02. The quantitative estimate of drug-likeness (QED) is 0.613. The van der Waals surface area contributed by atoms with Gasteiger partial charge in [0.1, 0.15) is 12.6 Å². The molecule has 6 heteroatoms. The number of esters is 1. The Balaban J connectivity index is 2.05. The highest BCUT2D eigenvalue weighted by Crippen LogP contribution is 2.39. The highest BCUT2D eigenvalue weighted by Gasteiger charge is 2.49. The molecule has 0 saturated carbocycles. The minimum Gasteiger partial charge on any atom is -0.466 e. The molecule has 2 heterocycles. The monoisotopic (exact) mass is 340 g/mol. The van der Waals surface area contributed by atoms with Crippen LogP contribution in [0.2, 0.25) is 0 Å². The van der Waals surface area contributed by atoms with Crippen molar-refractivity contribution in [3.8, 4) is 0 Å². The molecule has 1 aromatic rings. The van der Waals surface area contributed by atoms with Crippen LogP contribution in [0, 0.1) is 6.92 Å². The van der Waals surface area contributed by atoms with Crippen LogP contribution in [-0.2, 0) is 19.1 Å². The molecule has 2 aliphatic heterocycles. The number of nitrogens with zero attached hydrogens (tertiary/aromatic N) is 2. The fourth-order valence-electron chi connectivity index (χ4n) is 3.35. The first-order valence-corrected chi connectivity index (χ1v) is 8.05. The standard InChI is InChI=1S/C19H20N2O4/c1-4-9-20-11-16(22)21-15(18(20)23)10-14(19(24)25-3)17(21)13-7-5-12(2)6-8-13/h4-8,10,15,17H,1,9,11H2,2-3H3/t15-,17-/m1/s1. The molecule has 0 bridgehead atoms. The number of aryl methyl sites for hydroxylation is 1. The largest absolute Gasteiger partial charge is 0.466 e. The van der Waals surface area contributed by atoms with E-state index < -0.39 is 18.1 Å². The maximum Gasteiger partial charge on any atom is 0.335 e. The van der Waals surface area contributed by atoms with Crippen molar-refractivity contribution in [1.29, 1.82) is 0 Å². The maximum absolute atomic E-state index is 12.7. The van der Waals surface area contributed by atoms with E-state index in [1.54, 1.807) is 12.2 Å². The summed E-state index contributed by atoms with van der Waals surface area (Å²) in [5.41, 5.74) is 2.17. The Labute approximate surface area is 146 Å². The smallest absolute Gasteiger partial charge is 0.335 e. The second kappa shape index (κ2) is 6.55. The molecular weight excluding hydrogens is 320 g/mol. The van der Waals surface area contributed by atoms with Gasteiger partial charge >= 0.3 is 5.97 Å². The van der Waals surface area contributed by atoms with Gasteiger partial charge in [0.05, 0.1) is 18.7 Å². The van der Waals surface area contributed by atoms with Gasteiger partial charge in [-0.15, -0.1) is 6.58 Å². The molecule has 0 spiro atoms. The Morgan fingerprint density at radius 1 is 1.32 bits per heavy atom. The van der Waals surface area contributed by atoms with Gasteiger partial charge in [-0.05, 0) is 18.6 Å². The molecule has 0 aliphatic carbocycles. The van der Waals surface area contributed by atoms with Crippen LogP contribution < -0.4 is 0 Å². The van der Waals surface area contributed by atoms with Crippen molar-refractivity contribution in [2.45, 2.75) is 19.0 Å². The highest BCUT2D eigenvalue weighted by atomic mass is 16.5. The molecule has 0 N–H and O–H groups in total. The molecular formula is C19H20N2O4. The van der Waals surface area contributed by atoms with Crippen LogP contribution >= 0.6 is 0 Å². The molecule has 2 atom stereocenters. The first-order chi connectivity index (χ1) is 12.0. The van der Waals surface area contributed by atoms with E-state index in [0.717, 1.165) is 11.1 Å².